The van der Waals surface area contributed by atoms with Gasteiger partial charge in [-0.25, -0.2) is 0 Å². The predicted octanol–water partition coefficient (Wildman–Crippen LogP) is 0.398. The van der Waals surface area contributed by atoms with Gasteiger partial charge in [0.15, 0.2) is 18.9 Å². The minimum atomic E-state index is -1.56. The SMILES string of the molecule is C[C@@H]1CC(O)OC2C[C@@]3(C)C4C(OC5OC(CO)C(O)C(O)C5O)CC5C(C)(C)C(OC6OCC(O)C(O)C6O)CCC56CC46CCC3(C)C21. The van der Waals surface area contributed by atoms with E-state index in [1.165, 1.54) is 0 Å². The first-order valence-electron chi connectivity index (χ1n) is 19.1. The summed E-state index contributed by atoms with van der Waals surface area (Å²) in [7, 11) is 0. The van der Waals surface area contributed by atoms with E-state index in [1.807, 2.05) is 0 Å². The number of aliphatic hydroxyl groups is 8. The monoisotopic (exact) mass is 712 g/mol. The Bertz CT molecular complexity index is 1300. The Hall–Kier alpha value is -0.520. The summed E-state index contributed by atoms with van der Waals surface area (Å²) >= 11 is 0. The molecule has 8 N–H and O–H groups in total. The molecule has 5 saturated carbocycles. The Morgan fingerprint density at radius 2 is 1.46 bits per heavy atom. The lowest BCUT2D eigenvalue weighted by atomic mass is 9.41. The van der Waals surface area contributed by atoms with Crippen LogP contribution in [-0.4, -0.2) is 134 Å². The number of hydrogen-bond donors (Lipinski definition) is 8. The predicted molar refractivity (Wildman–Crippen MR) is 174 cm³/mol. The minimum Gasteiger partial charge on any atom is -0.394 e. The highest BCUT2D eigenvalue weighted by Gasteiger charge is 2.85. The first kappa shape index (κ1) is 36.5. The molecule has 19 unspecified atom stereocenters. The van der Waals surface area contributed by atoms with Gasteiger partial charge >= 0.3 is 0 Å². The zero-order valence-electron chi connectivity index (χ0n) is 30.0. The van der Waals surface area contributed by atoms with E-state index in [-0.39, 0.29) is 64.1 Å². The first-order valence-corrected chi connectivity index (χ1v) is 19.1. The number of fused-ring (bicyclic) bond motifs is 4. The van der Waals surface area contributed by atoms with E-state index < -0.39 is 79.7 Å². The molecular weight excluding hydrogens is 652 g/mol. The van der Waals surface area contributed by atoms with Crippen LogP contribution in [-0.2, 0) is 23.7 Å². The van der Waals surface area contributed by atoms with Gasteiger partial charge in [-0.2, -0.15) is 0 Å². The van der Waals surface area contributed by atoms with Crippen molar-refractivity contribution in [1.82, 2.24) is 0 Å². The molecule has 0 bridgehead atoms. The Kier molecular flexibility index (Phi) is 8.74. The van der Waals surface area contributed by atoms with Crippen molar-refractivity contribution in [2.45, 2.75) is 166 Å². The maximum Gasteiger partial charge on any atom is 0.186 e. The Morgan fingerprint density at radius 1 is 0.740 bits per heavy atom. The molecule has 0 aromatic rings. The topological polar surface area (TPSA) is 208 Å². The first-order chi connectivity index (χ1) is 23.5. The highest BCUT2D eigenvalue weighted by Crippen LogP contribution is 2.89. The van der Waals surface area contributed by atoms with Gasteiger partial charge < -0.3 is 64.5 Å². The maximum absolute atomic E-state index is 11.2. The van der Waals surface area contributed by atoms with E-state index in [9.17, 15) is 40.9 Å². The number of ether oxygens (including phenoxy) is 5. The van der Waals surface area contributed by atoms with Crippen LogP contribution in [0.2, 0.25) is 0 Å². The fourth-order valence-electron chi connectivity index (χ4n) is 14.0. The largest absolute Gasteiger partial charge is 0.394 e. The average Bonchev–Trinajstić information content (AvgIpc) is 3.64. The fraction of sp³-hybridized carbons (Fsp3) is 1.00. The second-order valence-corrected chi connectivity index (χ2v) is 18.8. The zero-order valence-corrected chi connectivity index (χ0v) is 30.0. The van der Waals surface area contributed by atoms with Crippen molar-refractivity contribution in [2.75, 3.05) is 13.2 Å². The average molecular weight is 713 g/mol. The summed E-state index contributed by atoms with van der Waals surface area (Å²) in [5.41, 5.74) is -0.859. The van der Waals surface area contributed by atoms with E-state index >= 15 is 0 Å². The van der Waals surface area contributed by atoms with Crippen molar-refractivity contribution in [1.29, 1.82) is 0 Å². The van der Waals surface area contributed by atoms with E-state index in [1.54, 1.807) is 0 Å². The highest BCUT2D eigenvalue weighted by atomic mass is 16.7. The summed E-state index contributed by atoms with van der Waals surface area (Å²) in [4.78, 5) is 0. The molecule has 8 aliphatic rings. The van der Waals surface area contributed by atoms with Crippen LogP contribution in [0.4, 0.5) is 0 Å². The van der Waals surface area contributed by atoms with Crippen LogP contribution in [0.1, 0.15) is 86.0 Å². The van der Waals surface area contributed by atoms with E-state index in [4.69, 9.17) is 23.7 Å². The number of aliphatic hydroxyl groups excluding tert-OH is 8. The van der Waals surface area contributed by atoms with Crippen molar-refractivity contribution >= 4 is 0 Å². The van der Waals surface area contributed by atoms with Crippen molar-refractivity contribution in [2.24, 2.45) is 50.7 Å². The second-order valence-electron chi connectivity index (χ2n) is 18.8. The molecule has 0 aromatic heterocycles. The number of rotatable bonds is 5. The van der Waals surface area contributed by atoms with Crippen molar-refractivity contribution in [3.8, 4) is 0 Å². The third-order valence-electron chi connectivity index (χ3n) is 16.5. The lowest BCUT2D eigenvalue weighted by Crippen LogP contribution is -2.65. The quantitative estimate of drug-likeness (QED) is 0.182. The highest BCUT2D eigenvalue weighted by molar-refractivity contribution is 5.33. The summed E-state index contributed by atoms with van der Waals surface area (Å²) in [5, 5.41) is 84.3. The van der Waals surface area contributed by atoms with Crippen LogP contribution in [0.15, 0.2) is 0 Å². The molecule has 8 rings (SSSR count). The van der Waals surface area contributed by atoms with E-state index in [0.29, 0.717) is 12.8 Å². The summed E-state index contributed by atoms with van der Waals surface area (Å²) in [6.45, 7) is 10.7. The van der Waals surface area contributed by atoms with Gasteiger partial charge in [-0.05, 0) is 95.7 Å². The van der Waals surface area contributed by atoms with Crippen LogP contribution in [0.3, 0.4) is 0 Å². The summed E-state index contributed by atoms with van der Waals surface area (Å²) in [6, 6.07) is 0. The maximum atomic E-state index is 11.2. The molecule has 8 fully saturated rings. The van der Waals surface area contributed by atoms with Gasteiger partial charge in [-0.1, -0.05) is 34.6 Å². The molecule has 5 aliphatic carbocycles. The summed E-state index contributed by atoms with van der Waals surface area (Å²) in [6.07, 6.45) is -6.88. The van der Waals surface area contributed by atoms with Crippen LogP contribution in [0.5, 0.6) is 0 Å². The molecule has 13 heteroatoms. The van der Waals surface area contributed by atoms with Gasteiger partial charge in [-0.15, -0.1) is 0 Å². The molecule has 50 heavy (non-hydrogen) atoms. The second kappa shape index (κ2) is 12.0. The molecule has 3 saturated heterocycles. The van der Waals surface area contributed by atoms with Gasteiger partial charge in [0, 0.05) is 6.42 Å². The normalized spacial score (nSPS) is 61.3. The molecule has 13 nitrogen and oxygen atoms in total. The molecular formula is C37H60O13. The lowest BCUT2D eigenvalue weighted by molar-refractivity contribution is -0.335. The Balaban J connectivity index is 1.16. The van der Waals surface area contributed by atoms with Gasteiger partial charge in [0.25, 0.3) is 0 Å². The van der Waals surface area contributed by atoms with Gasteiger partial charge in [0.2, 0.25) is 0 Å². The molecule has 0 aromatic carbocycles. The van der Waals surface area contributed by atoms with Gasteiger partial charge in [0.05, 0.1) is 31.5 Å². The lowest BCUT2D eigenvalue weighted by Gasteiger charge is -2.65. The van der Waals surface area contributed by atoms with Crippen molar-refractivity contribution < 1.29 is 64.5 Å². The minimum absolute atomic E-state index is 0.00209. The van der Waals surface area contributed by atoms with Crippen molar-refractivity contribution in [3.63, 3.8) is 0 Å². The van der Waals surface area contributed by atoms with E-state index in [0.717, 1.165) is 38.5 Å². The van der Waals surface area contributed by atoms with Gasteiger partial charge in [0.1, 0.15) is 42.7 Å². The number of hydrogen-bond acceptors (Lipinski definition) is 13. The van der Waals surface area contributed by atoms with Gasteiger partial charge in [-0.3, -0.25) is 0 Å². The van der Waals surface area contributed by atoms with Crippen LogP contribution in [0, 0.1) is 50.7 Å². The standard InChI is InChI=1S/C37H60O13/c1-16-10-23(40)47-19-12-35(5)30-18(48-32-29(45)27(43)26(42)20(13-38)49-32)11-21-33(2,3)22(50-31-28(44)25(41)17(39)14-46-31)6-7-36(21)15-37(30,36)9-8-34(35,4)24(16)19/h16-32,38-45H,6-15H2,1-5H3/t16-,17?,18?,19?,20?,21?,22?,23?,24?,25?,26?,27?,28?,29?,30?,31?,32?,34?,35+,36?,37?/m1/s1. The van der Waals surface area contributed by atoms with Crippen LogP contribution >= 0.6 is 0 Å². The third kappa shape index (κ3) is 4.78. The van der Waals surface area contributed by atoms with Crippen molar-refractivity contribution in [3.05, 3.63) is 0 Å². The smallest absolute Gasteiger partial charge is 0.186 e. The zero-order chi connectivity index (χ0) is 35.9. The summed E-state index contributed by atoms with van der Waals surface area (Å²) in [5.74, 6) is 0.696. The van der Waals surface area contributed by atoms with E-state index in [2.05, 4.69) is 34.6 Å². The molecule has 21 atom stereocenters. The summed E-state index contributed by atoms with van der Waals surface area (Å²) < 4.78 is 31.4. The third-order valence-corrected chi connectivity index (χ3v) is 16.5. The Morgan fingerprint density at radius 3 is 2.18 bits per heavy atom. The molecule has 0 amide bonds. The van der Waals surface area contributed by atoms with Crippen LogP contribution in [0.25, 0.3) is 0 Å². The molecule has 3 aliphatic heterocycles. The fourth-order valence-corrected chi connectivity index (χ4v) is 14.0. The van der Waals surface area contributed by atoms with Crippen LogP contribution < -0.4 is 0 Å². The Labute approximate surface area is 294 Å². The molecule has 0 radical (unpaired) electrons. The molecule has 3 heterocycles. The molecule has 2 spiro atoms. The molecule has 286 valence electrons.